The summed E-state index contributed by atoms with van der Waals surface area (Å²) in [4.78, 5) is 23.3. The van der Waals surface area contributed by atoms with E-state index in [-0.39, 0.29) is 23.8 Å². The maximum absolute atomic E-state index is 17.1. The molecule has 3 saturated heterocycles. The number of ether oxygens (including phenoxy) is 2. The lowest BCUT2D eigenvalue weighted by Gasteiger charge is -2.40. The van der Waals surface area contributed by atoms with E-state index in [1.165, 1.54) is 0 Å². The van der Waals surface area contributed by atoms with Crippen molar-refractivity contribution in [2.45, 2.75) is 62.8 Å². The van der Waals surface area contributed by atoms with Crippen molar-refractivity contribution in [2.24, 2.45) is 0 Å². The second-order valence-electron chi connectivity index (χ2n) is 13.4. The highest BCUT2D eigenvalue weighted by Crippen LogP contribution is 2.43. The molecule has 14 heteroatoms. The fourth-order valence-electron chi connectivity index (χ4n) is 8.06. The molecule has 5 aromatic rings. The molecular formula is C33H33ClF2N8O3. The molecule has 0 saturated carbocycles. The third-order valence-electron chi connectivity index (χ3n) is 10.4. The average Bonchev–Trinajstić information content (AvgIpc) is 3.85. The van der Waals surface area contributed by atoms with Crippen LogP contribution in [0.1, 0.15) is 49.8 Å². The monoisotopic (exact) mass is 662 g/mol. The SMILES string of the molecule is CC12CN(CCO1)c1nc(OC[C@@]34CCCN3C[C@H](F)C4)nc3c(F)c(ncc13)-c1c(c(Cl)cc3[nH]ncc13)CCCc1nc2co1. The number of aryl methyl sites for hydroxylation is 1. The summed E-state index contributed by atoms with van der Waals surface area (Å²) in [5.41, 5.74) is 1.61. The molecule has 4 aromatic heterocycles. The Morgan fingerprint density at radius 3 is 2.98 bits per heavy atom. The van der Waals surface area contributed by atoms with Crippen LogP contribution in [0.3, 0.4) is 0 Å². The zero-order valence-electron chi connectivity index (χ0n) is 25.9. The number of nitrogens with one attached hydrogen (secondary N) is 1. The minimum atomic E-state index is -0.903. The van der Waals surface area contributed by atoms with Crippen LogP contribution in [0.25, 0.3) is 33.1 Å². The molecule has 10 rings (SSSR count). The third-order valence-corrected chi connectivity index (χ3v) is 10.7. The van der Waals surface area contributed by atoms with Crippen LogP contribution in [-0.2, 0) is 23.2 Å². The number of fused-ring (bicyclic) bond motifs is 5. The van der Waals surface area contributed by atoms with Gasteiger partial charge in [-0.05, 0) is 50.8 Å². The van der Waals surface area contributed by atoms with E-state index in [1.807, 2.05) is 11.8 Å². The van der Waals surface area contributed by atoms with Crippen LogP contribution in [0.5, 0.6) is 6.01 Å². The van der Waals surface area contributed by atoms with E-state index in [0.717, 1.165) is 24.9 Å². The standard InChI is InChI=1S/C33H33ClF2N8O3/c1-32-16-43(8-9-47-32)30-21-12-37-29(27(36)28(21)40-31(41-30)46-17-33-6-3-7-44(33)14-18(35)11-33)26-19(4-2-5-25-39-24(32)15-45-25)22(34)10-23-20(26)13-38-42-23/h10,12-13,15,18H,2-9,11,14,16-17H2,1H3,(H,38,42)/t18-,32?,33+/m1/s1. The van der Waals surface area contributed by atoms with E-state index >= 15 is 4.39 Å². The molecular weight excluding hydrogens is 630 g/mol. The highest BCUT2D eigenvalue weighted by atomic mass is 35.5. The van der Waals surface area contributed by atoms with Gasteiger partial charge in [-0.25, -0.2) is 13.8 Å². The van der Waals surface area contributed by atoms with Crippen LogP contribution in [0, 0.1) is 5.82 Å². The Labute approximate surface area is 273 Å². The first-order valence-corrected chi connectivity index (χ1v) is 16.5. The van der Waals surface area contributed by atoms with Gasteiger partial charge in [-0.1, -0.05) is 11.6 Å². The molecule has 3 atom stereocenters. The Balaban J connectivity index is 1.24. The van der Waals surface area contributed by atoms with Crippen molar-refractivity contribution in [1.82, 2.24) is 35.0 Å². The van der Waals surface area contributed by atoms with Gasteiger partial charge in [-0.3, -0.25) is 15.0 Å². The van der Waals surface area contributed by atoms with Gasteiger partial charge < -0.3 is 18.8 Å². The van der Waals surface area contributed by atoms with Gasteiger partial charge in [0, 0.05) is 48.1 Å². The number of anilines is 1. The van der Waals surface area contributed by atoms with E-state index < -0.39 is 23.1 Å². The fourth-order valence-corrected chi connectivity index (χ4v) is 8.35. The zero-order chi connectivity index (χ0) is 31.9. The number of alkyl halides is 1. The lowest BCUT2D eigenvalue weighted by Crippen LogP contribution is -2.49. The number of H-pyrrole nitrogens is 1. The van der Waals surface area contributed by atoms with Gasteiger partial charge in [0.2, 0.25) is 0 Å². The van der Waals surface area contributed by atoms with E-state index in [2.05, 4.69) is 20.1 Å². The van der Waals surface area contributed by atoms with E-state index in [0.29, 0.717) is 96.2 Å². The fraction of sp³-hybridized carbons (Fsp3) is 0.485. The molecule has 1 N–H and O–H groups in total. The van der Waals surface area contributed by atoms with Crippen molar-refractivity contribution in [3.05, 3.63) is 52.7 Å². The zero-order valence-corrected chi connectivity index (χ0v) is 26.6. The maximum Gasteiger partial charge on any atom is 0.319 e. The molecule has 0 spiro atoms. The van der Waals surface area contributed by atoms with Crippen LogP contribution in [0.4, 0.5) is 14.6 Å². The number of hydrogen-bond donors (Lipinski definition) is 1. The topological polar surface area (TPSA) is 118 Å². The van der Waals surface area contributed by atoms with Gasteiger partial charge in [-0.2, -0.15) is 15.1 Å². The molecule has 1 unspecified atom stereocenters. The Kier molecular flexibility index (Phi) is 6.71. The summed E-state index contributed by atoms with van der Waals surface area (Å²) in [5, 5.41) is 8.80. The lowest BCUT2D eigenvalue weighted by molar-refractivity contribution is -0.0498. The molecule has 5 aliphatic rings. The van der Waals surface area contributed by atoms with Gasteiger partial charge in [-0.15, -0.1) is 0 Å². The summed E-state index contributed by atoms with van der Waals surface area (Å²) < 4.78 is 50.2. The van der Waals surface area contributed by atoms with Crippen LogP contribution in [-0.4, -0.2) is 86.1 Å². The smallest absolute Gasteiger partial charge is 0.319 e. The van der Waals surface area contributed by atoms with E-state index in [1.54, 1.807) is 24.7 Å². The number of aromatic amines is 1. The highest BCUT2D eigenvalue weighted by Gasteiger charge is 2.49. The molecule has 1 aromatic carbocycles. The quantitative estimate of drug-likeness (QED) is 0.264. The number of benzene rings is 1. The van der Waals surface area contributed by atoms with Crippen LogP contribution < -0.4 is 9.64 Å². The Hall–Kier alpha value is -3.94. The largest absolute Gasteiger partial charge is 0.461 e. The van der Waals surface area contributed by atoms with Crippen molar-refractivity contribution >= 4 is 39.2 Å². The van der Waals surface area contributed by atoms with Crippen molar-refractivity contribution in [3.8, 4) is 17.3 Å². The molecule has 9 heterocycles. The molecule has 8 bridgehead atoms. The van der Waals surface area contributed by atoms with Gasteiger partial charge >= 0.3 is 6.01 Å². The summed E-state index contributed by atoms with van der Waals surface area (Å²) in [7, 11) is 0. The summed E-state index contributed by atoms with van der Waals surface area (Å²) in [6.07, 6.45) is 7.96. The van der Waals surface area contributed by atoms with Crippen LogP contribution >= 0.6 is 11.6 Å². The Morgan fingerprint density at radius 1 is 1.15 bits per heavy atom. The molecule has 47 heavy (non-hydrogen) atoms. The van der Waals surface area contributed by atoms with Gasteiger partial charge in [0.1, 0.15) is 47.4 Å². The summed E-state index contributed by atoms with van der Waals surface area (Å²) in [6, 6.07) is 1.84. The molecule has 244 valence electrons. The van der Waals surface area contributed by atoms with Crippen molar-refractivity contribution in [3.63, 3.8) is 0 Å². The second kappa shape index (κ2) is 10.8. The van der Waals surface area contributed by atoms with Crippen molar-refractivity contribution < 1.29 is 22.7 Å². The average molecular weight is 663 g/mol. The predicted octanol–water partition coefficient (Wildman–Crippen LogP) is 5.54. The normalized spacial score (nSPS) is 26.0. The predicted molar refractivity (Wildman–Crippen MR) is 170 cm³/mol. The van der Waals surface area contributed by atoms with Crippen molar-refractivity contribution in [2.75, 3.05) is 44.3 Å². The number of pyridine rings is 1. The third kappa shape index (κ3) is 4.68. The van der Waals surface area contributed by atoms with Gasteiger partial charge in [0.15, 0.2) is 11.7 Å². The van der Waals surface area contributed by atoms with Crippen LogP contribution in [0.15, 0.2) is 29.1 Å². The van der Waals surface area contributed by atoms with Crippen LogP contribution in [0.2, 0.25) is 5.02 Å². The Bertz CT molecular complexity index is 2040. The highest BCUT2D eigenvalue weighted by molar-refractivity contribution is 6.33. The summed E-state index contributed by atoms with van der Waals surface area (Å²) in [5.74, 6) is 0.459. The molecule has 0 aliphatic carbocycles. The first-order chi connectivity index (χ1) is 22.8. The first-order valence-electron chi connectivity index (χ1n) is 16.2. The number of rotatable bonds is 3. The minimum Gasteiger partial charge on any atom is -0.461 e. The van der Waals surface area contributed by atoms with E-state index in [4.69, 9.17) is 40.4 Å². The number of hydrogen-bond acceptors (Lipinski definition) is 10. The molecule has 0 radical (unpaired) electrons. The molecule has 0 amide bonds. The summed E-state index contributed by atoms with van der Waals surface area (Å²) in [6.45, 7) is 4.67. The summed E-state index contributed by atoms with van der Waals surface area (Å²) >= 11 is 6.86. The maximum atomic E-state index is 17.1. The van der Waals surface area contributed by atoms with E-state index in [9.17, 15) is 4.39 Å². The lowest BCUT2D eigenvalue weighted by atomic mass is 9.95. The minimum absolute atomic E-state index is 0.0323. The number of aromatic nitrogens is 6. The molecule has 11 nitrogen and oxygen atoms in total. The molecule has 5 aliphatic heterocycles. The second-order valence-corrected chi connectivity index (χ2v) is 13.8. The number of halogens is 3. The van der Waals surface area contributed by atoms with Crippen molar-refractivity contribution in [1.29, 1.82) is 0 Å². The number of oxazole rings is 1. The number of nitrogens with zero attached hydrogens (tertiary/aromatic N) is 7. The van der Waals surface area contributed by atoms with Gasteiger partial charge in [0.25, 0.3) is 0 Å². The number of morpholine rings is 1. The molecule has 3 fully saturated rings. The van der Waals surface area contributed by atoms with Gasteiger partial charge in [0.05, 0.1) is 35.8 Å². The Morgan fingerprint density at radius 2 is 2.06 bits per heavy atom. The first kappa shape index (κ1) is 29.2.